The van der Waals surface area contributed by atoms with E-state index in [1.807, 2.05) is 0 Å². The average Bonchev–Trinajstić information content (AvgIpc) is 3.20. The molecule has 344 valence electrons. The van der Waals surface area contributed by atoms with E-state index >= 15 is 0 Å². The second-order valence-electron chi connectivity index (χ2n) is 16.6. The summed E-state index contributed by atoms with van der Waals surface area (Å²) in [6.07, 6.45) is 21.6. The normalized spacial score (nSPS) is 22.4. The Kier molecular flexibility index (Phi) is 33.5. The highest BCUT2D eigenvalue weighted by Gasteiger charge is 2.51. The van der Waals surface area contributed by atoms with E-state index in [-0.39, 0.29) is 12.8 Å². The SMILES string of the molecule is CCCCCCCCCCCCCCCCCCCCC(=O)O[C@H](COC(=O)CCCCCCCCCCCCC)COP(=O)(O)OC1C(O)C(O)C(O)[C@H](O)C1O. The number of unbranched alkanes of at least 4 members (excludes halogenated alkanes) is 27. The van der Waals surface area contributed by atoms with E-state index in [1.165, 1.54) is 135 Å². The molecule has 0 saturated heterocycles. The van der Waals surface area contributed by atoms with Gasteiger partial charge in [0.15, 0.2) is 6.10 Å². The molecule has 6 N–H and O–H groups in total. The summed E-state index contributed by atoms with van der Waals surface area (Å²) in [6.45, 7) is 3.31. The number of carbonyl (C=O) groups is 2. The summed E-state index contributed by atoms with van der Waals surface area (Å²) in [5.41, 5.74) is 0. The highest BCUT2D eigenvalue weighted by molar-refractivity contribution is 7.47. The minimum absolute atomic E-state index is 0.105. The lowest BCUT2D eigenvalue weighted by Gasteiger charge is -2.41. The summed E-state index contributed by atoms with van der Waals surface area (Å²) in [4.78, 5) is 35.6. The number of phosphoric acid groups is 1. The van der Waals surface area contributed by atoms with Crippen LogP contribution < -0.4 is 0 Å². The van der Waals surface area contributed by atoms with Crippen molar-refractivity contribution in [2.24, 2.45) is 0 Å². The highest BCUT2D eigenvalue weighted by atomic mass is 31.2. The molecule has 0 radical (unpaired) electrons. The lowest BCUT2D eigenvalue weighted by atomic mass is 9.85. The molecule has 0 aromatic carbocycles. The van der Waals surface area contributed by atoms with E-state index in [2.05, 4.69) is 13.8 Å². The molecular weight excluding hydrogens is 767 g/mol. The highest BCUT2D eigenvalue weighted by Crippen LogP contribution is 2.47. The first kappa shape index (κ1) is 54.9. The maximum Gasteiger partial charge on any atom is 0.472 e. The van der Waals surface area contributed by atoms with Gasteiger partial charge >= 0.3 is 19.8 Å². The summed E-state index contributed by atoms with van der Waals surface area (Å²) in [6, 6.07) is 0. The van der Waals surface area contributed by atoms with E-state index in [9.17, 15) is 44.6 Å². The Morgan fingerprint density at radius 3 is 1.14 bits per heavy atom. The van der Waals surface area contributed by atoms with Gasteiger partial charge in [0.05, 0.1) is 6.61 Å². The maximum absolute atomic E-state index is 12.8. The number of rotatable bonds is 39. The van der Waals surface area contributed by atoms with Crippen molar-refractivity contribution in [1.82, 2.24) is 0 Å². The van der Waals surface area contributed by atoms with Gasteiger partial charge in [0, 0.05) is 12.8 Å². The Labute approximate surface area is 351 Å². The molecule has 8 atom stereocenters. The minimum Gasteiger partial charge on any atom is -0.462 e. The van der Waals surface area contributed by atoms with Crippen molar-refractivity contribution in [3.63, 3.8) is 0 Å². The monoisotopic (exact) mass is 853 g/mol. The van der Waals surface area contributed by atoms with Crippen LogP contribution in [0.25, 0.3) is 0 Å². The van der Waals surface area contributed by atoms with Gasteiger partial charge in [-0.15, -0.1) is 0 Å². The van der Waals surface area contributed by atoms with Gasteiger partial charge in [-0.05, 0) is 12.8 Å². The van der Waals surface area contributed by atoms with Crippen molar-refractivity contribution in [3.05, 3.63) is 0 Å². The number of phosphoric ester groups is 1. The molecule has 1 fully saturated rings. The van der Waals surface area contributed by atoms with E-state index < -0.39 is 75.7 Å². The Morgan fingerprint density at radius 1 is 0.466 bits per heavy atom. The zero-order valence-electron chi connectivity index (χ0n) is 36.4. The van der Waals surface area contributed by atoms with Gasteiger partial charge in [-0.2, -0.15) is 0 Å². The molecule has 1 saturated carbocycles. The third-order valence-corrected chi connectivity index (χ3v) is 12.2. The summed E-state index contributed by atoms with van der Waals surface area (Å²) < 4.78 is 33.5. The molecule has 0 aliphatic heterocycles. The van der Waals surface area contributed by atoms with E-state index in [0.717, 1.165) is 38.5 Å². The van der Waals surface area contributed by atoms with Gasteiger partial charge < -0.3 is 39.9 Å². The van der Waals surface area contributed by atoms with Crippen molar-refractivity contribution in [2.75, 3.05) is 13.2 Å². The van der Waals surface area contributed by atoms with Crippen LogP contribution in [-0.2, 0) is 32.7 Å². The molecule has 0 spiro atoms. The first-order chi connectivity index (χ1) is 27.9. The first-order valence-electron chi connectivity index (χ1n) is 23.3. The molecule has 0 heterocycles. The predicted molar refractivity (Wildman–Crippen MR) is 226 cm³/mol. The number of ether oxygens (including phenoxy) is 2. The van der Waals surface area contributed by atoms with Crippen molar-refractivity contribution < 1.29 is 63.1 Å². The zero-order chi connectivity index (χ0) is 42.9. The van der Waals surface area contributed by atoms with Crippen LogP contribution in [0, 0.1) is 0 Å². The quantitative estimate of drug-likeness (QED) is 0.0194. The van der Waals surface area contributed by atoms with Gasteiger partial charge in [0.25, 0.3) is 0 Å². The Hall–Kier alpha value is -1.15. The fourth-order valence-corrected chi connectivity index (χ4v) is 8.38. The molecule has 1 aliphatic rings. The van der Waals surface area contributed by atoms with Crippen LogP contribution in [0.1, 0.15) is 213 Å². The maximum atomic E-state index is 12.8. The third kappa shape index (κ3) is 27.6. The van der Waals surface area contributed by atoms with Crippen LogP contribution in [0.2, 0.25) is 0 Å². The topological polar surface area (TPSA) is 210 Å². The van der Waals surface area contributed by atoms with Crippen molar-refractivity contribution >= 4 is 19.8 Å². The number of esters is 2. The van der Waals surface area contributed by atoms with Gasteiger partial charge in [-0.3, -0.25) is 18.6 Å². The molecule has 13 nitrogen and oxygen atoms in total. The molecule has 1 rings (SSSR count). The Bertz CT molecular complexity index is 1030. The van der Waals surface area contributed by atoms with E-state index in [0.29, 0.717) is 12.8 Å². The van der Waals surface area contributed by atoms with Crippen molar-refractivity contribution in [1.29, 1.82) is 0 Å². The molecule has 58 heavy (non-hydrogen) atoms. The number of aliphatic hydroxyl groups is 5. The van der Waals surface area contributed by atoms with Crippen molar-refractivity contribution in [2.45, 2.75) is 256 Å². The van der Waals surface area contributed by atoms with Gasteiger partial charge in [-0.1, -0.05) is 187 Å². The molecule has 0 amide bonds. The number of carbonyl (C=O) groups excluding carboxylic acids is 2. The van der Waals surface area contributed by atoms with E-state index in [1.54, 1.807) is 0 Å². The Morgan fingerprint density at radius 2 is 0.776 bits per heavy atom. The predicted octanol–water partition coefficient (Wildman–Crippen LogP) is 8.89. The Balaban J connectivity index is 2.42. The summed E-state index contributed by atoms with van der Waals surface area (Å²) in [5.74, 6) is -1.09. The number of hydrogen-bond acceptors (Lipinski definition) is 12. The third-order valence-electron chi connectivity index (χ3n) is 11.2. The molecule has 14 heteroatoms. The molecule has 0 aromatic heterocycles. The molecule has 6 unspecified atom stereocenters. The molecule has 0 bridgehead atoms. The largest absolute Gasteiger partial charge is 0.472 e. The lowest BCUT2D eigenvalue weighted by Crippen LogP contribution is -2.64. The fourth-order valence-electron chi connectivity index (χ4n) is 7.41. The summed E-state index contributed by atoms with van der Waals surface area (Å²) in [7, 11) is -5.11. The standard InChI is InChI=1S/C44H85O13P/c1-3-5-7-9-11-13-15-16-17-18-19-20-21-23-25-27-29-31-33-38(46)56-36(34-54-37(45)32-30-28-26-24-22-14-12-10-8-6-4-2)35-55-58(52,53)57-44-42(50)40(48)39(47)41(49)43(44)51/h36,39-44,47-51H,3-35H2,1-2H3,(H,52,53)/t36-,39?,40+,41?,42?,43?,44?/m1/s1. The van der Waals surface area contributed by atoms with Crippen LogP contribution in [0.4, 0.5) is 0 Å². The molecular formula is C44H85O13P. The lowest BCUT2D eigenvalue weighted by molar-refractivity contribution is -0.220. The van der Waals surface area contributed by atoms with Crippen LogP contribution >= 0.6 is 7.82 Å². The number of hydrogen-bond donors (Lipinski definition) is 6. The fraction of sp³-hybridized carbons (Fsp3) is 0.955. The van der Waals surface area contributed by atoms with Crippen LogP contribution in [-0.4, -0.2) is 98.3 Å². The summed E-state index contributed by atoms with van der Waals surface area (Å²) >= 11 is 0. The first-order valence-corrected chi connectivity index (χ1v) is 24.8. The van der Waals surface area contributed by atoms with Crippen LogP contribution in [0.5, 0.6) is 0 Å². The second kappa shape index (κ2) is 35.4. The second-order valence-corrected chi connectivity index (χ2v) is 18.0. The zero-order valence-corrected chi connectivity index (χ0v) is 37.3. The minimum atomic E-state index is -5.11. The van der Waals surface area contributed by atoms with Crippen LogP contribution in [0.15, 0.2) is 0 Å². The molecule has 1 aliphatic carbocycles. The van der Waals surface area contributed by atoms with Gasteiger partial charge in [-0.25, -0.2) is 4.57 Å². The summed E-state index contributed by atoms with van der Waals surface area (Å²) in [5, 5.41) is 50.1. The van der Waals surface area contributed by atoms with E-state index in [4.69, 9.17) is 18.5 Å². The van der Waals surface area contributed by atoms with Gasteiger partial charge in [0.1, 0.15) is 43.2 Å². The average molecular weight is 853 g/mol. The number of aliphatic hydroxyl groups excluding tert-OH is 5. The van der Waals surface area contributed by atoms with Gasteiger partial charge in [0.2, 0.25) is 0 Å². The molecule has 0 aromatic rings. The van der Waals surface area contributed by atoms with Crippen molar-refractivity contribution in [3.8, 4) is 0 Å². The van der Waals surface area contributed by atoms with Crippen LogP contribution in [0.3, 0.4) is 0 Å². The smallest absolute Gasteiger partial charge is 0.462 e.